The van der Waals surface area contributed by atoms with E-state index in [1.165, 1.54) is 49.6 Å². The number of rotatable bonds is 8. The predicted octanol–water partition coefficient (Wildman–Crippen LogP) is 7.39. The second-order valence-electron chi connectivity index (χ2n) is 11.0. The van der Waals surface area contributed by atoms with Gasteiger partial charge in [0.15, 0.2) is 29.1 Å². The molecule has 3 aromatic carbocycles. The van der Waals surface area contributed by atoms with Crippen molar-refractivity contribution < 1.29 is 31.9 Å². The maximum Gasteiger partial charge on any atom is 0.251 e. The largest absolute Gasteiger partial charge is 0.491 e. The van der Waals surface area contributed by atoms with Gasteiger partial charge in [0.1, 0.15) is 12.4 Å². The van der Waals surface area contributed by atoms with Gasteiger partial charge in [-0.1, -0.05) is 30.2 Å². The van der Waals surface area contributed by atoms with Gasteiger partial charge < -0.3 is 10.1 Å². The first-order valence-corrected chi connectivity index (χ1v) is 14.9. The number of Topliss-reactive ketones (excluding diaryl/α,β-unsaturated/α-hetero) is 1. The summed E-state index contributed by atoms with van der Waals surface area (Å²) in [5.74, 6) is -4.56. The molecule has 0 radical (unpaired) electrons. The van der Waals surface area contributed by atoms with Crippen LogP contribution in [0, 0.1) is 23.3 Å². The van der Waals surface area contributed by atoms with Crippen molar-refractivity contribution >= 4 is 35.4 Å². The smallest absolute Gasteiger partial charge is 0.251 e. The number of hydrogen-bond donors (Lipinski definition) is 1. The number of ketones is 1. The van der Waals surface area contributed by atoms with Gasteiger partial charge in [0.25, 0.3) is 5.91 Å². The Bertz CT molecular complexity index is 1540. The minimum atomic E-state index is -1.07. The van der Waals surface area contributed by atoms with Crippen LogP contribution in [-0.4, -0.2) is 48.9 Å². The topological polar surface area (TPSA) is 58.6 Å². The third kappa shape index (κ3) is 7.95. The molecular formula is C34H31ClF4N2O3. The van der Waals surface area contributed by atoms with E-state index in [1.54, 1.807) is 12.1 Å². The standard InChI is InChI=1S/C34H31ClF4N2O3/c35-27-20-23(6-9-32(27)44-13-12-41-10-2-1-3-11-41)34(43)40-26-18-24(14-21-4-7-28(36)30(38)16-21)33(42)25(19-26)15-22-5-8-29(37)31(39)17-22/h4-9,14-17,20,26H,1-3,10-13,18-19H2,(H,40,43)/b24-14+,25-15+. The molecule has 1 amide bonds. The number of benzene rings is 3. The van der Waals surface area contributed by atoms with E-state index >= 15 is 0 Å². The Balaban J connectivity index is 1.33. The SMILES string of the molecule is O=C1/C(=C/c2ccc(F)c(F)c2)CC(NC(=O)c2ccc(OCCN3CCCCC3)c(Cl)c2)C/C1=C\c1ccc(F)c(F)c1. The molecule has 2 fully saturated rings. The van der Waals surface area contributed by atoms with Crippen LogP contribution in [-0.2, 0) is 4.79 Å². The molecule has 5 nitrogen and oxygen atoms in total. The Morgan fingerprint density at radius 2 is 1.43 bits per heavy atom. The van der Waals surface area contributed by atoms with Gasteiger partial charge in [-0.3, -0.25) is 14.5 Å². The van der Waals surface area contributed by atoms with Crippen molar-refractivity contribution in [2.45, 2.75) is 38.1 Å². The number of ether oxygens (including phenoxy) is 1. The maximum absolute atomic E-state index is 13.9. The van der Waals surface area contributed by atoms with Crippen LogP contribution >= 0.6 is 11.6 Å². The van der Waals surface area contributed by atoms with E-state index in [9.17, 15) is 27.2 Å². The third-order valence-electron chi connectivity index (χ3n) is 7.73. The molecular weight excluding hydrogens is 596 g/mol. The molecule has 230 valence electrons. The molecule has 5 rings (SSSR count). The molecule has 0 atom stereocenters. The Morgan fingerprint density at radius 3 is 1.98 bits per heavy atom. The summed E-state index contributed by atoms with van der Waals surface area (Å²) >= 11 is 6.44. The molecule has 1 saturated carbocycles. The number of likely N-dealkylation sites (tertiary alicyclic amines) is 1. The van der Waals surface area contributed by atoms with E-state index in [4.69, 9.17) is 16.3 Å². The number of carbonyl (C=O) groups is 2. The normalized spacial score (nSPS) is 19.4. The molecule has 2 aliphatic rings. The van der Waals surface area contributed by atoms with Gasteiger partial charge in [0.05, 0.1) is 5.02 Å². The van der Waals surface area contributed by atoms with Crippen molar-refractivity contribution in [2.24, 2.45) is 0 Å². The summed E-state index contributed by atoms with van der Waals surface area (Å²) in [7, 11) is 0. The van der Waals surface area contributed by atoms with Crippen LogP contribution in [0.1, 0.15) is 53.6 Å². The Hall–Kier alpha value is -3.95. The molecule has 0 bridgehead atoms. The predicted molar refractivity (Wildman–Crippen MR) is 161 cm³/mol. The van der Waals surface area contributed by atoms with Crippen LogP contribution in [0.3, 0.4) is 0 Å². The Kier molecular flexibility index (Phi) is 10.2. The molecule has 1 N–H and O–H groups in total. The molecule has 0 aromatic heterocycles. The van der Waals surface area contributed by atoms with Crippen molar-refractivity contribution in [2.75, 3.05) is 26.2 Å². The van der Waals surface area contributed by atoms with Gasteiger partial charge in [-0.05, 0) is 105 Å². The fourth-order valence-corrected chi connectivity index (χ4v) is 5.68. The number of nitrogens with zero attached hydrogens (tertiary/aromatic N) is 1. The van der Waals surface area contributed by atoms with E-state index in [0.717, 1.165) is 43.9 Å². The summed E-state index contributed by atoms with van der Waals surface area (Å²) in [6.45, 7) is 3.37. The minimum Gasteiger partial charge on any atom is -0.491 e. The Morgan fingerprint density at radius 1 is 0.841 bits per heavy atom. The lowest BCUT2D eigenvalue weighted by Gasteiger charge is -2.27. The highest BCUT2D eigenvalue weighted by Gasteiger charge is 2.29. The fourth-order valence-electron chi connectivity index (χ4n) is 5.45. The van der Waals surface area contributed by atoms with Crippen LogP contribution in [0.4, 0.5) is 17.6 Å². The van der Waals surface area contributed by atoms with Crippen molar-refractivity contribution in [1.82, 2.24) is 10.2 Å². The van der Waals surface area contributed by atoms with E-state index in [1.807, 2.05) is 0 Å². The highest BCUT2D eigenvalue weighted by Crippen LogP contribution is 2.30. The second kappa shape index (κ2) is 14.2. The summed E-state index contributed by atoms with van der Waals surface area (Å²) in [5.41, 5.74) is 1.27. The number of amides is 1. The van der Waals surface area contributed by atoms with E-state index in [0.29, 0.717) is 12.4 Å². The highest BCUT2D eigenvalue weighted by atomic mass is 35.5. The van der Waals surface area contributed by atoms with Crippen LogP contribution in [0.15, 0.2) is 65.7 Å². The van der Waals surface area contributed by atoms with Crippen LogP contribution in [0.25, 0.3) is 12.2 Å². The average molecular weight is 627 g/mol. The molecule has 1 aliphatic carbocycles. The average Bonchev–Trinajstić information content (AvgIpc) is 3.00. The van der Waals surface area contributed by atoms with Crippen LogP contribution in [0.5, 0.6) is 5.75 Å². The van der Waals surface area contributed by atoms with E-state index < -0.39 is 41.0 Å². The first-order valence-electron chi connectivity index (χ1n) is 14.5. The number of piperidine rings is 1. The number of halogens is 5. The number of hydrogen-bond acceptors (Lipinski definition) is 4. The zero-order chi connectivity index (χ0) is 31.2. The minimum absolute atomic E-state index is 0.101. The fraction of sp³-hybridized carbons (Fsp3) is 0.294. The van der Waals surface area contributed by atoms with E-state index in [-0.39, 0.29) is 45.7 Å². The van der Waals surface area contributed by atoms with Gasteiger partial charge in [-0.25, -0.2) is 17.6 Å². The van der Waals surface area contributed by atoms with Gasteiger partial charge in [-0.2, -0.15) is 0 Å². The second-order valence-corrected chi connectivity index (χ2v) is 11.4. The van der Waals surface area contributed by atoms with Gasteiger partial charge >= 0.3 is 0 Å². The summed E-state index contributed by atoms with van der Waals surface area (Å²) in [5, 5.41) is 3.20. The zero-order valence-electron chi connectivity index (χ0n) is 23.9. The van der Waals surface area contributed by atoms with Crippen molar-refractivity contribution in [1.29, 1.82) is 0 Å². The highest BCUT2D eigenvalue weighted by molar-refractivity contribution is 6.32. The molecule has 1 saturated heterocycles. The zero-order valence-corrected chi connectivity index (χ0v) is 24.6. The quantitative estimate of drug-likeness (QED) is 0.209. The molecule has 10 heteroatoms. The summed E-state index contributed by atoms with van der Waals surface area (Å²) in [4.78, 5) is 29.0. The molecule has 1 heterocycles. The molecule has 1 aliphatic heterocycles. The molecule has 0 unspecified atom stereocenters. The van der Waals surface area contributed by atoms with Gasteiger partial charge in [0.2, 0.25) is 0 Å². The summed E-state index contributed by atoms with van der Waals surface area (Å²) in [6, 6.07) is 10.7. The van der Waals surface area contributed by atoms with Gasteiger partial charge in [-0.15, -0.1) is 0 Å². The lowest BCUT2D eigenvalue weighted by atomic mass is 9.83. The third-order valence-corrected chi connectivity index (χ3v) is 8.02. The number of nitrogens with one attached hydrogen (secondary N) is 1. The summed E-state index contributed by atoms with van der Waals surface area (Å²) in [6.07, 6.45) is 6.67. The lowest BCUT2D eigenvalue weighted by molar-refractivity contribution is -0.113. The van der Waals surface area contributed by atoms with Crippen molar-refractivity contribution in [3.8, 4) is 5.75 Å². The molecule has 44 heavy (non-hydrogen) atoms. The maximum atomic E-state index is 13.9. The van der Waals surface area contributed by atoms with Crippen molar-refractivity contribution in [3.63, 3.8) is 0 Å². The lowest BCUT2D eigenvalue weighted by Crippen LogP contribution is -2.39. The summed E-state index contributed by atoms with van der Waals surface area (Å²) < 4.78 is 60.6. The van der Waals surface area contributed by atoms with E-state index in [2.05, 4.69) is 10.2 Å². The first kappa shape index (κ1) is 31.5. The van der Waals surface area contributed by atoms with Crippen LogP contribution in [0.2, 0.25) is 5.02 Å². The monoisotopic (exact) mass is 626 g/mol. The Labute approximate surface area is 258 Å². The first-order chi connectivity index (χ1) is 21.2. The van der Waals surface area contributed by atoms with Crippen LogP contribution < -0.4 is 10.1 Å². The molecule has 0 spiro atoms. The van der Waals surface area contributed by atoms with Crippen molar-refractivity contribution in [3.05, 3.63) is 111 Å². The van der Waals surface area contributed by atoms with Gasteiger partial charge in [0, 0.05) is 29.3 Å². The number of carbonyl (C=O) groups excluding carboxylic acids is 2. The molecule has 3 aromatic rings.